The van der Waals surface area contributed by atoms with Crippen molar-refractivity contribution < 1.29 is 0 Å². The fraction of sp³-hybridized carbons (Fsp3) is 0.286. The molecule has 1 aromatic carbocycles. The van der Waals surface area contributed by atoms with Gasteiger partial charge in [-0.1, -0.05) is 24.3 Å². The van der Waals surface area contributed by atoms with E-state index < -0.39 is 0 Å². The number of nitrogens with zero attached hydrogens (tertiary/aromatic N) is 2. The van der Waals surface area contributed by atoms with Crippen LogP contribution in [0.1, 0.15) is 35.2 Å². The van der Waals surface area contributed by atoms with Crippen molar-refractivity contribution in [2.45, 2.75) is 24.8 Å². The summed E-state index contributed by atoms with van der Waals surface area (Å²) >= 11 is 0. The van der Waals surface area contributed by atoms with Crippen LogP contribution in [-0.4, -0.2) is 9.97 Å². The lowest BCUT2D eigenvalue weighted by molar-refractivity contribution is 0.491. The number of hydrogen-bond acceptors (Lipinski definition) is 3. The lowest BCUT2D eigenvalue weighted by Crippen LogP contribution is -2.23. The highest BCUT2D eigenvalue weighted by molar-refractivity contribution is 5.40. The summed E-state index contributed by atoms with van der Waals surface area (Å²) in [4.78, 5) is 8.12. The summed E-state index contributed by atoms with van der Waals surface area (Å²) in [5, 5.41) is 0. The molecule has 2 atom stereocenters. The van der Waals surface area contributed by atoms with Crippen molar-refractivity contribution in [2.75, 3.05) is 0 Å². The van der Waals surface area contributed by atoms with Crippen molar-refractivity contribution >= 4 is 0 Å². The van der Waals surface area contributed by atoms with Crippen LogP contribution in [0.2, 0.25) is 0 Å². The second-order valence-corrected chi connectivity index (χ2v) is 4.58. The van der Waals surface area contributed by atoms with Crippen LogP contribution in [0.3, 0.4) is 0 Å². The van der Waals surface area contributed by atoms with Gasteiger partial charge in [-0.3, -0.25) is 0 Å². The number of nitrogens with two attached hydrogens (primary N) is 1. The molecule has 1 aromatic heterocycles. The molecule has 1 aliphatic carbocycles. The Morgan fingerprint density at radius 1 is 1.29 bits per heavy atom. The molecule has 0 amide bonds. The molecule has 0 spiro atoms. The van der Waals surface area contributed by atoms with Crippen LogP contribution in [0.5, 0.6) is 0 Å². The van der Waals surface area contributed by atoms with E-state index >= 15 is 0 Å². The second-order valence-electron chi connectivity index (χ2n) is 4.58. The molecule has 0 fully saturated rings. The average molecular weight is 225 g/mol. The van der Waals surface area contributed by atoms with E-state index in [-0.39, 0.29) is 6.04 Å². The predicted molar refractivity (Wildman–Crippen MR) is 66.5 cm³/mol. The first kappa shape index (κ1) is 10.4. The van der Waals surface area contributed by atoms with E-state index in [2.05, 4.69) is 34.2 Å². The molecular weight excluding hydrogens is 210 g/mol. The Kier molecular flexibility index (Phi) is 2.61. The molecule has 17 heavy (non-hydrogen) atoms. The standard InChI is InChI=1S/C14H15N3/c15-13(14-5-6-16-9-17-14)8-11-7-10-3-1-2-4-12(10)11/h1-6,9,11,13H,7-8,15H2. The monoisotopic (exact) mass is 225 g/mol. The predicted octanol–water partition coefficient (Wildman–Crippen LogP) is 2.21. The summed E-state index contributed by atoms with van der Waals surface area (Å²) in [7, 11) is 0. The van der Waals surface area contributed by atoms with Gasteiger partial charge in [0.1, 0.15) is 6.33 Å². The highest BCUT2D eigenvalue weighted by Crippen LogP contribution is 2.39. The van der Waals surface area contributed by atoms with Gasteiger partial charge >= 0.3 is 0 Å². The van der Waals surface area contributed by atoms with Gasteiger partial charge in [0.15, 0.2) is 0 Å². The molecule has 1 aliphatic rings. The van der Waals surface area contributed by atoms with Crippen LogP contribution in [0.25, 0.3) is 0 Å². The lowest BCUT2D eigenvalue weighted by Gasteiger charge is -2.31. The third-order valence-electron chi connectivity index (χ3n) is 3.48. The van der Waals surface area contributed by atoms with E-state index in [1.807, 2.05) is 6.07 Å². The maximum Gasteiger partial charge on any atom is 0.115 e. The van der Waals surface area contributed by atoms with E-state index in [1.54, 1.807) is 12.5 Å². The number of benzene rings is 1. The Hall–Kier alpha value is -1.74. The van der Waals surface area contributed by atoms with Crippen LogP contribution < -0.4 is 5.73 Å². The van der Waals surface area contributed by atoms with Gasteiger partial charge in [0, 0.05) is 12.2 Å². The molecule has 2 unspecified atom stereocenters. The molecule has 3 heteroatoms. The summed E-state index contributed by atoms with van der Waals surface area (Å²) in [5.74, 6) is 0.594. The maximum atomic E-state index is 6.17. The number of aromatic nitrogens is 2. The normalized spacial score (nSPS) is 19.2. The molecule has 1 heterocycles. The largest absolute Gasteiger partial charge is 0.323 e. The molecule has 0 aliphatic heterocycles. The summed E-state index contributed by atoms with van der Waals surface area (Å²) in [6.45, 7) is 0. The fourth-order valence-electron chi connectivity index (χ4n) is 2.52. The minimum atomic E-state index is 0.0105. The average Bonchev–Trinajstić information content (AvgIpc) is 2.37. The molecule has 0 radical (unpaired) electrons. The van der Waals surface area contributed by atoms with E-state index in [4.69, 9.17) is 5.73 Å². The van der Waals surface area contributed by atoms with Gasteiger partial charge in [-0.15, -0.1) is 0 Å². The molecule has 2 N–H and O–H groups in total. The third-order valence-corrected chi connectivity index (χ3v) is 3.48. The Morgan fingerprint density at radius 2 is 2.18 bits per heavy atom. The maximum absolute atomic E-state index is 6.17. The van der Waals surface area contributed by atoms with Crippen LogP contribution >= 0.6 is 0 Å². The molecular formula is C14H15N3. The van der Waals surface area contributed by atoms with Gasteiger partial charge in [-0.2, -0.15) is 0 Å². The first-order valence-corrected chi connectivity index (χ1v) is 5.94. The Labute approximate surface area is 101 Å². The van der Waals surface area contributed by atoms with Crippen molar-refractivity contribution in [2.24, 2.45) is 5.73 Å². The van der Waals surface area contributed by atoms with E-state index in [0.29, 0.717) is 5.92 Å². The molecule has 2 aromatic rings. The lowest BCUT2D eigenvalue weighted by atomic mass is 9.74. The van der Waals surface area contributed by atoms with Gasteiger partial charge in [-0.25, -0.2) is 9.97 Å². The number of hydrogen-bond donors (Lipinski definition) is 1. The minimum Gasteiger partial charge on any atom is -0.323 e. The fourth-order valence-corrected chi connectivity index (χ4v) is 2.52. The summed E-state index contributed by atoms with van der Waals surface area (Å²) in [6.07, 6.45) is 5.42. The third kappa shape index (κ3) is 1.94. The van der Waals surface area contributed by atoms with Gasteiger partial charge < -0.3 is 5.73 Å². The highest BCUT2D eigenvalue weighted by Gasteiger charge is 2.27. The zero-order chi connectivity index (χ0) is 11.7. The molecule has 0 bridgehead atoms. The van der Waals surface area contributed by atoms with Gasteiger partial charge in [0.25, 0.3) is 0 Å². The smallest absolute Gasteiger partial charge is 0.115 e. The Balaban J connectivity index is 1.70. The summed E-state index contributed by atoms with van der Waals surface area (Å²) in [5.41, 5.74) is 10.0. The van der Waals surface area contributed by atoms with Crippen LogP contribution in [-0.2, 0) is 6.42 Å². The number of fused-ring (bicyclic) bond motifs is 1. The number of rotatable bonds is 3. The van der Waals surface area contributed by atoms with E-state index in [0.717, 1.165) is 18.5 Å². The van der Waals surface area contributed by atoms with Crippen molar-refractivity contribution in [1.82, 2.24) is 9.97 Å². The van der Waals surface area contributed by atoms with Crippen molar-refractivity contribution in [3.8, 4) is 0 Å². The van der Waals surface area contributed by atoms with Gasteiger partial charge in [-0.05, 0) is 36.0 Å². The Bertz CT molecular complexity index is 510. The molecule has 3 rings (SSSR count). The molecule has 3 nitrogen and oxygen atoms in total. The summed E-state index contributed by atoms with van der Waals surface area (Å²) < 4.78 is 0. The first-order chi connectivity index (χ1) is 8.34. The van der Waals surface area contributed by atoms with E-state index in [1.165, 1.54) is 11.1 Å². The van der Waals surface area contributed by atoms with Crippen LogP contribution in [0, 0.1) is 0 Å². The van der Waals surface area contributed by atoms with Crippen LogP contribution in [0.15, 0.2) is 42.9 Å². The Morgan fingerprint density at radius 3 is 2.94 bits per heavy atom. The zero-order valence-corrected chi connectivity index (χ0v) is 9.58. The van der Waals surface area contributed by atoms with Gasteiger partial charge in [0.2, 0.25) is 0 Å². The molecule has 0 saturated carbocycles. The second kappa shape index (κ2) is 4.26. The van der Waals surface area contributed by atoms with Gasteiger partial charge in [0.05, 0.1) is 5.69 Å². The first-order valence-electron chi connectivity index (χ1n) is 5.94. The quantitative estimate of drug-likeness (QED) is 0.871. The minimum absolute atomic E-state index is 0.0105. The molecule has 86 valence electrons. The van der Waals surface area contributed by atoms with Crippen molar-refractivity contribution in [3.05, 3.63) is 59.7 Å². The van der Waals surface area contributed by atoms with E-state index in [9.17, 15) is 0 Å². The highest BCUT2D eigenvalue weighted by atomic mass is 14.8. The van der Waals surface area contributed by atoms with Crippen molar-refractivity contribution in [1.29, 1.82) is 0 Å². The van der Waals surface area contributed by atoms with Crippen LogP contribution in [0.4, 0.5) is 0 Å². The van der Waals surface area contributed by atoms with Crippen molar-refractivity contribution in [3.63, 3.8) is 0 Å². The molecule has 0 saturated heterocycles. The topological polar surface area (TPSA) is 51.8 Å². The SMILES string of the molecule is NC(CC1Cc2ccccc21)c1ccncn1. The summed E-state index contributed by atoms with van der Waals surface area (Å²) in [6, 6.07) is 10.5. The zero-order valence-electron chi connectivity index (χ0n) is 9.58.